The van der Waals surface area contributed by atoms with Crippen LogP contribution < -0.4 is 5.73 Å². The molecule has 0 saturated heterocycles. The maximum atomic E-state index is 13.6. The second kappa shape index (κ2) is 5.48. The number of fused-ring (bicyclic) bond motifs is 1. The van der Waals surface area contributed by atoms with Crippen molar-refractivity contribution in [1.29, 1.82) is 0 Å². The molecule has 1 amide bonds. The van der Waals surface area contributed by atoms with E-state index >= 15 is 0 Å². The molecule has 0 radical (unpaired) electrons. The van der Waals surface area contributed by atoms with E-state index in [9.17, 15) is 9.18 Å². The Balaban J connectivity index is 1.89. The lowest BCUT2D eigenvalue weighted by atomic mass is 9.97. The van der Waals surface area contributed by atoms with E-state index in [0.717, 1.165) is 23.2 Å². The van der Waals surface area contributed by atoms with Crippen molar-refractivity contribution in [3.63, 3.8) is 0 Å². The molecule has 1 aliphatic rings. The zero-order chi connectivity index (χ0) is 15.0. The van der Waals surface area contributed by atoms with E-state index in [1.165, 1.54) is 6.07 Å². The first-order chi connectivity index (χ1) is 10.1. The lowest BCUT2D eigenvalue weighted by molar-refractivity contribution is 0.0733. The lowest BCUT2D eigenvalue weighted by Crippen LogP contribution is -2.36. The van der Waals surface area contributed by atoms with Gasteiger partial charge in [0.15, 0.2) is 0 Å². The van der Waals surface area contributed by atoms with Crippen LogP contribution in [0, 0.1) is 5.82 Å². The SMILES string of the molecule is Nc1cccc2c1CCN(C(=O)c1cccc(F)c1Br)C2. The first kappa shape index (κ1) is 14.1. The van der Waals surface area contributed by atoms with Crippen molar-refractivity contribution in [2.45, 2.75) is 13.0 Å². The maximum Gasteiger partial charge on any atom is 0.255 e. The third-order valence-electron chi connectivity index (χ3n) is 3.77. The van der Waals surface area contributed by atoms with Crippen molar-refractivity contribution in [2.75, 3.05) is 12.3 Å². The van der Waals surface area contributed by atoms with Crippen molar-refractivity contribution in [1.82, 2.24) is 4.90 Å². The Morgan fingerprint density at radius 1 is 1.24 bits per heavy atom. The minimum Gasteiger partial charge on any atom is -0.398 e. The van der Waals surface area contributed by atoms with Gasteiger partial charge in [-0.25, -0.2) is 4.39 Å². The molecule has 0 spiro atoms. The summed E-state index contributed by atoms with van der Waals surface area (Å²) in [7, 11) is 0. The summed E-state index contributed by atoms with van der Waals surface area (Å²) >= 11 is 3.15. The van der Waals surface area contributed by atoms with Crippen LogP contribution in [0.4, 0.5) is 10.1 Å². The summed E-state index contributed by atoms with van der Waals surface area (Å²) in [4.78, 5) is 14.3. The number of rotatable bonds is 1. The topological polar surface area (TPSA) is 46.3 Å². The number of nitrogens with zero attached hydrogens (tertiary/aromatic N) is 1. The molecule has 0 unspecified atom stereocenters. The maximum absolute atomic E-state index is 13.6. The van der Waals surface area contributed by atoms with E-state index in [-0.39, 0.29) is 10.4 Å². The molecule has 108 valence electrons. The number of amides is 1. The van der Waals surface area contributed by atoms with Crippen molar-refractivity contribution >= 4 is 27.5 Å². The third kappa shape index (κ3) is 2.53. The number of hydrogen-bond acceptors (Lipinski definition) is 2. The fraction of sp³-hybridized carbons (Fsp3) is 0.188. The number of carbonyl (C=O) groups excluding carboxylic acids is 1. The predicted molar refractivity (Wildman–Crippen MR) is 83.4 cm³/mol. The van der Waals surface area contributed by atoms with Crippen LogP contribution in [0.1, 0.15) is 21.5 Å². The van der Waals surface area contributed by atoms with Crippen LogP contribution in [0.25, 0.3) is 0 Å². The van der Waals surface area contributed by atoms with Crippen molar-refractivity contribution < 1.29 is 9.18 Å². The highest BCUT2D eigenvalue weighted by Crippen LogP contribution is 2.27. The van der Waals surface area contributed by atoms with Gasteiger partial charge in [0.2, 0.25) is 0 Å². The highest BCUT2D eigenvalue weighted by atomic mass is 79.9. The summed E-state index contributed by atoms with van der Waals surface area (Å²) in [6.45, 7) is 1.09. The molecule has 2 aromatic rings. The first-order valence-corrected chi connectivity index (χ1v) is 7.46. The van der Waals surface area contributed by atoms with E-state index < -0.39 is 5.82 Å². The molecule has 5 heteroatoms. The number of anilines is 1. The molecule has 1 heterocycles. The van der Waals surface area contributed by atoms with Crippen LogP contribution in [0.2, 0.25) is 0 Å². The summed E-state index contributed by atoms with van der Waals surface area (Å²) in [6, 6.07) is 10.2. The van der Waals surface area contributed by atoms with Crippen molar-refractivity contribution in [2.24, 2.45) is 0 Å². The first-order valence-electron chi connectivity index (χ1n) is 6.67. The second-order valence-corrected chi connectivity index (χ2v) is 5.86. The van der Waals surface area contributed by atoms with Gasteiger partial charge in [0.25, 0.3) is 5.91 Å². The van der Waals surface area contributed by atoms with E-state index in [2.05, 4.69) is 15.9 Å². The number of hydrogen-bond donors (Lipinski definition) is 1. The van der Waals surface area contributed by atoms with Crippen LogP contribution in [-0.4, -0.2) is 17.4 Å². The van der Waals surface area contributed by atoms with Crippen LogP contribution >= 0.6 is 15.9 Å². The van der Waals surface area contributed by atoms with Crippen LogP contribution in [0.3, 0.4) is 0 Å². The molecule has 21 heavy (non-hydrogen) atoms. The van der Waals surface area contributed by atoms with Crippen LogP contribution in [0.5, 0.6) is 0 Å². The summed E-state index contributed by atoms with van der Waals surface area (Å²) in [5.74, 6) is -0.600. The van der Waals surface area contributed by atoms with Crippen LogP contribution in [-0.2, 0) is 13.0 Å². The fourth-order valence-electron chi connectivity index (χ4n) is 2.65. The number of halogens is 2. The van der Waals surface area contributed by atoms with Gasteiger partial charge in [0, 0.05) is 18.8 Å². The number of benzene rings is 2. The lowest BCUT2D eigenvalue weighted by Gasteiger charge is -2.30. The average Bonchev–Trinajstić information content (AvgIpc) is 2.49. The Morgan fingerprint density at radius 2 is 2.00 bits per heavy atom. The fourth-order valence-corrected chi connectivity index (χ4v) is 3.09. The molecule has 3 rings (SSSR count). The van der Waals surface area contributed by atoms with E-state index in [1.807, 2.05) is 18.2 Å². The summed E-state index contributed by atoms with van der Waals surface area (Å²) in [5.41, 5.74) is 9.25. The van der Waals surface area contributed by atoms with Gasteiger partial charge in [-0.2, -0.15) is 0 Å². The largest absolute Gasteiger partial charge is 0.398 e. The highest BCUT2D eigenvalue weighted by Gasteiger charge is 2.24. The molecule has 2 N–H and O–H groups in total. The normalized spacial score (nSPS) is 13.9. The van der Waals surface area contributed by atoms with Crippen LogP contribution in [0.15, 0.2) is 40.9 Å². The Bertz CT molecular complexity index is 717. The molecule has 0 aliphatic carbocycles. The van der Waals surface area contributed by atoms with E-state index in [4.69, 9.17) is 5.73 Å². The Kier molecular flexibility index (Phi) is 3.68. The quantitative estimate of drug-likeness (QED) is 0.803. The van der Waals surface area contributed by atoms with E-state index in [1.54, 1.807) is 17.0 Å². The molecule has 2 aromatic carbocycles. The molecule has 0 aromatic heterocycles. The molecule has 0 bridgehead atoms. The van der Waals surface area contributed by atoms with Gasteiger partial charge in [-0.3, -0.25) is 4.79 Å². The Hall–Kier alpha value is -1.88. The smallest absolute Gasteiger partial charge is 0.255 e. The summed E-state index contributed by atoms with van der Waals surface area (Å²) in [6.07, 6.45) is 0.723. The molecule has 0 saturated carbocycles. The summed E-state index contributed by atoms with van der Waals surface area (Å²) in [5, 5.41) is 0. The molecular formula is C16H14BrFN2O. The van der Waals surface area contributed by atoms with Gasteiger partial charge < -0.3 is 10.6 Å². The molecule has 1 aliphatic heterocycles. The summed E-state index contributed by atoms with van der Waals surface area (Å²) < 4.78 is 13.8. The number of carbonyl (C=O) groups is 1. The van der Waals surface area contributed by atoms with Gasteiger partial charge >= 0.3 is 0 Å². The van der Waals surface area contributed by atoms with Gasteiger partial charge in [-0.1, -0.05) is 18.2 Å². The third-order valence-corrected chi connectivity index (χ3v) is 4.58. The number of nitrogen functional groups attached to an aromatic ring is 1. The minimum absolute atomic E-state index is 0.172. The Labute approximate surface area is 130 Å². The highest BCUT2D eigenvalue weighted by molar-refractivity contribution is 9.10. The van der Waals surface area contributed by atoms with E-state index in [0.29, 0.717) is 18.7 Å². The molecule has 0 atom stereocenters. The second-order valence-electron chi connectivity index (χ2n) is 5.06. The van der Waals surface area contributed by atoms with Crippen molar-refractivity contribution in [3.05, 3.63) is 63.4 Å². The van der Waals surface area contributed by atoms with Gasteiger partial charge in [0.1, 0.15) is 5.82 Å². The minimum atomic E-state index is -0.428. The Morgan fingerprint density at radius 3 is 2.81 bits per heavy atom. The zero-order valence-electron chi connectivity index (χ0n) is 11.3. The molecule has 0 fully saturated rings. The monoisotopic (exact) mass is 348 g/mol. The van der Waals surface area contributed by atoms with Crippen molar-refractivity contribution in [3.8, 4) is 0 Å². The number of nitrogens with two attached hydrogens (primary N) is 1. The predicted octanol–water partition coefficient (Wildman–Crippen LogP) is 3.37. The van der Waals surface area contributed by atoms with Gasteiger partial charge in [-0.05, 0) is 51.7 Å². The standard InChI is InChI=1S/C16H14BrFN2O/c17-15-12(4-2-5-13(15)18)16(21)20-8-7-11-10(9-20)3-1-6-14(11)19/h1-6H,7-9,19H2. The zero-order valence-corrected chi connectivity index (χ0v) is 12.9. The van der Waals surface area contributed by atoms with Gasteiger partial charge in [-0.15, -0.1) is 0 Å². The molecule has 3 nitrogen and oxygen atoms in total. The average molecular weight is 349 g/mol. The molecular weight excluding hydrogens is 335 g/mol. The van der Waals surface area contributed by atoms with Gasteiger partial charge in [0.05, 0.1) is 10.0 Å².